The van der Waals surface area contributed by atoms with Crippen LogP contribution in [0.2, 0.25) is 5.02 Å². The number of sulfonamides is 1. The summed E-state index contributed by atoms with van der Waals surface area (Å²) in [7, 11) is -2.25. The molecule has 1 N–H and O–H groups in total. The predicted octanol–water partition coefficient (Wildman–Crippen LogP) is 4.70. The van der Waals surface area contributed by atoms with E-state index in [-0.39, 0.29) is 10.8 Å². The van der Waals surface area contributed by atoms with Gasteiger partial charge in [-0.15, -0.1) is 0 Å². The molecule has 0 bridgehead atoms. The second kappa shape index (κ2) is 9.85. The topological polar surface area (TPSA) is 69.7 Å². The van der Waals surface area contributed by atoms with Crippen LogP contribution in [0.5, 0.6) is 0 Å². The summed E-state index contributed by atoms with van der Waals surface area (Å²) in [4.78, 5) is 15.1. The van der Waals surface area contributed by atoms with Crippen molar-refractivity contribution in [2.45, 2.75) is 24.3 Å². The average molecular weight is 484 g/mol. The van der Waals surface area contributed by atoms with Crippen molar-refractivity contribution in [2.24, 2.45) is 0 Å². The van der Waals surface area contributed by atoms with E-state index >= 15 is 0 Å². The summed E-state index contributed by atoms with van der Waals surface area (Å²) in [6.07, 6.45) is 2.47. The normalized spacial score (nSPS) is 13.7. The average Bonchev–Trinajstić information content (AvgIpc) is 3.38. The second-order valence-electron chi connectivity index (χ2n) is 8.02. The number of nitrogens with one attached hydrogen (secondary N) is 1. The fourth-order valence-corrected chi connectivity index (χ4v) is 5.13. The van der Waals surface area contributed by atoms with Gasteiger partial charge in [-0.1, -0.05) is 23.7 Å². The fraction of sp³-hybridized carbons (Fsp3) is 0.240. The van der Waals surface area contributed by atoms with Gasteiger partial charge < -0.3 is 10.2 Å². The highest BCUT2D eigenvalue weighted by molar-refractivity contribution is 7.92. The zero-order valence-corrected chi connectivity index (χ0v) is 19.9. The molecule has 1 aliphatic rings. The van der Waals surface area contributed by atoms with Crippen LogP contribution in [0.1, 0.15) is 28.8 Å². The first kappa shape index (κ1) is 23.1. The van der Waals surface area contributed by atoms with Crippen LogP contribution in [0, 0.1) is 0 Å². The molecular formula is C25H26ClN3O3S. The van der Waals surface area contributed by atoms with Gasteiger partial charge in [0.25, 0.3) is 15.9 Å². The monoisotopic (exact) mass is 483 g/mol. The van der Waals surface area contributed by atoms with Gasteiger partial charge in [0.05, 0.1) is 10.6 Å². The Morgan fingerprint density at radius 2 is 1.55 bits per heavy atom. The first-order valence-corrected chi connectivity index (χ1v) is 12.6. The Kier molecular flexibility index (Phi) is 6.91. The molecular weight excluding hydrogens is 458 g/mol. The largest absolute Gasteiger partial charge is 0.372 e. The summed E-state index contributed by atoms with van der Waals surface area (Å²) in [6, 6.07) is 20.7. The van der Waals surface area contributed by atoms with Crippen molar-refractivity contribution in [1.82, 2.24) is 5.32 Å². The van der Waals surface area contributed by atoms with Gasteiger partial charge in [-0.05, 0) is 79.1 Å². The summed E-state index contributed by atoms with van der Waals surface area (Å²) in [5.41, 5.74) is 3.16. The van der Waals surface area contributed by atoms with Gasteiger partial charge in [0.2, 0.25) is 0 Å². The Hall–Kier alpha value is -3.03. The molecule has 0 aromatic heterocycles. The maximum Gasteiger partial charge on any atom is 0.264 e. The van der Waals surface area contributed by atoms with Crippen LogP contribution in [-0.2, 0) is 16.6 Å². The second-order valence-corrected chi connectivity index (χ2v) is 10.4. The Labute approximate surface area is 199 Å². The van der Waals surface area contributed by atoms with E-state index in [1.165, 1.54) is 54.1 Å². The quantitative estimate of drug-likeness (QED) is 0.529. The smallest absolute Gasteiger partial charge is 0.264 e. The molecule has 33 heavy (non-hydrogen) atoms. The third-order valence-corrected chi connectivity index (χ3v) is 7.88. The molecule has 0 saturated carbocycles. The fourth-order valence-electron chi connectivity index (χ4n) is 3.81. The maximum atomic E-state index is 12.8. The summed E-state index contributed by atoms with van der Waals surface area (Å²) >= 11 is 5.86. The first-order chi connectivity index (χ1) is 15.8. The van der Waals surface area contributed by atoms with E-state index in [0.29, 0.717) is 22.8 Å². The molecule has 1 fully saturated rings. The van der Waals surface area contributed by atoms with E-state index in [1.807, 2.05) is 12.1 Å². The van der Waals surface area contributed by atoms with Gasteiger partial charge in [0.1, 0.15) is 0 Å². The number of carbonyl (C=O) groups excluding carboxylic acids is 1. The van der Waals surface area contributed by atoms with E-state index in [1.54, 1.807) is 24.3 Å². The van der Waals surface area contributed by atoms with Gasteiger partial charge >= 0.3 is 0 Å². The van der Waals surface area contributed by atoms with Gasteiger partial charge in [-0.25, -0.2) is 8.42 Å². The lowest BCUT2D eigenvalue weighted by Crippen LogP contribution is -2.27. The minimum atomic E-state index is -3.73. The molecule has 172 valence electrons. The van der Waals surface area contributed by atoms with Gasteiger partial charge in [0.15, 0.2) is 0 Å². The van der Waals surface area contributed by atoms with E-state index < -0.39 is 10.0 Å². The third-order valence-electron chi connectivity index (χ3n) is 5.83. The summed E-state index contributed by atoms with van der Waals surface area (Å²) in [5.74, 6) is -0.214. The van der Waals surface area contributed by atoms with Crippen molar-refractivity contribution in [2.75, 3.05) is 29.3 Å². The Morgan fingerprint density at radius 3 is 2.15 bits per heavy atom. The number of carbonyl (C=O) groups is 1. The lowest BCUT2D eigenvalue weighted by molar-refractivity contribution is 0.0951. The van der Waals surface area contributed by atoms with Crippen LogP contribution < -0.4 is 14.5 Å². The molecule has 6 nitrogen and oxygen atoms in total. The Bertz CT molecular complexity index is 1210. The lowest BCUT2D eigenvalue weighted by Gasteiger charge is -2.20. The molecule has 0 spiro atoms. The van der Waals surface area contributed by atoms with E-state index in [9.17, 15) is 13.2 Å². The van der Waals surface area contributed by atoms with Crippen LogP contribution in [0.4, 0.5) is 11.4 Å². The molecule has 0 unspecified atom stereocenters. The molecule has 8 heteroatoms. The standard InChI is InChI=1S/C25H26ClN3O3S/c1-28(33(31,32)24-14-8-21(26)9-15-24)22-12-6-20(7-13-22)25(30)27-18-19-4-10-23(11-5-19)29-16-2-3-17-29/h4-15H,2-3,16-18H2,1H3,(H,27,30). The van der Waals surface area contributed by atoms with Crippen LogP contribution in [0.3, 0.4) is 0 Å². The molecule has 1 heterocycles. The minimum absolute atomic E-state index is 0.145. The third kappa shape index (κ3) is 5.31. The number of halogens is 1. The molecule has 0 aliphatic carbocycles. The highest BCUT2D eigenvalue weighted by atomic mass is 35.5. The number of anilines is 2. The van der Waals surface area contributed by atoms with Crippen molar-refractivity contribution in [3.05, 3.63) is 88.9 Å². The number of hydrogen-bond donors (Lipinski definition) is 1. The zero-order chi connectivity index (χ0) is 23.4. The first-order valence-electron chi connectivity index (χ1n) is 10.8. The predicted molar refractivity (Wildman–Crippen MR) is 133 cm³/mol. The van der Waals surface area contributed by atoms with Gasteiger partial charge in [-0.2, -0.15) is 0 Å². The summed E-state index contributed by atoms with van der Waals surface area (Å²) in [5, 5.41) is 3.38. The number of benzene rings is 3. The Morgan fingerprint density at radius 1 is 0.939 bits per heavy atom. The lowest BCUT2D eigenvalue weighted by atomic mass is 10.1. The minimum Gasteiger partial charge on any atom is -0.372 e. The molecule has 0 radical (unpaired) electrons. The maximum absolute atomic E-state index is 12.8. The van der Waals surface area contributed by atoms with E-state index in [2.05, 4.69) is 22.3 Å². The molecule has 1 amide bonds. The van der Waals surface area contributed by atoms with Gasteiger partial charge in [0, 0.05) is 43.0 Å². The molecule has 1 aliphatic heterocycles. The molecule has 3 aromatic carbocycles. The number of hydrogen-bond acceptors (Lipinski definition) is 4. The van der Waals surface area contributed by atoms with Crippen molar-refractivity contribution in [3.8, 4) is 0 Å². The van der Waals surface area contributed by atoms with Crippen LogP contribution in [0.25, 0.3) is 0 Å². The van der Waals surface area contributed by atoms with Crippen LogP contribution in [0.15, 0.2) is 77.7 Å². The highest BCUT2D eigenvalue weighted by Gasteiger charge is 2.21. The zero-order valence-electron chi connectivity index (χ0n) is 18.4. The van der Waals surface area contributed by atoms with Crippen molar-refractivity contribution in [3.63, 3.8) is 0 Å². The Balaban J connectivity index is 1.37. The SMILES string of the molecule is CN(c1ccc(C(=O)NCc2ccc(N3CCCC3)cc2)cc1)S(=O)(=O)c1ccc(Cl)cc1. The summed E-state index contributed by atoms with van der Waals surface area (Å²) < 4.78 is 26.8. The van der Waals surface area contributed by atoms with Crippen molar-refractivity contribution < 1.29 is 13.2 Å². The number of amides is 1. The van der Waals surface area contributed by atoms with Crippen molar-refractivity contribution >= 4 is 38.9 Å². The van der Waals surface area contributed by atoms with E-state index in [0.717, 1.165) is 18.7 Å². The molecule has 1 saturated heterocycles. The molecule has 4 rings (SSSR count). The number of nitrogens with zero attached hydrogens (tertiary/aromatic N) is 2. The van der Waals surface area contributed by atoms with Gasteiger partial charge in [-0.3, -0.25) is 9.10 Å². The highest BCUT2D eigenvalue weighted by Crippen LogP contribution is 2.24. The van der Waals surface area contributed by atoms with Crippen LogP contribution >= 0.6 is 11.6 Å². The summed E-state index contributed by atoms with van der Waals surface area (Å²) in [6.45, 7) is 2.62. The van der Waals surface area contributed by atoms with E-state index in [4.69, 9.17) is 11.6 Å². The number of rotatable bonds is 7. The molecule has 0 atom stereocenters. The van der Waals surface area contributed by atoms with Crippen LogP contribution in [-0.4, -0.2) is 34.5 Å². The van der Waals surface area contributed by atoms with Crippen molar-refractivity contribution in [1.29, 1.82) is 0 Å². The molecule has 3 aromatic rings.